The highest BCUT2D eigenvalue weighted by molar-refractivity contribution is 5.93. The first-order valence-corrected chi connectivity index (χ1v) is 12.7. The van der Waals surface area contributed by atoms with Gasteiger partial charge in [-0.2, -0.15) is 0 Å². The van der Waals surface area contributed by atoms with Gasteiger partial charge in [0, 0.05) is 6.42 Å². The molecule has 0 aromatic rings. The van der Waals surface area contributed by atoms with Crippen LogP contribution in [0.3, 0.4) is 0 Å². The number of rotatable bonds is 23. The molecule has 0 amide bonds. The molecule has 1 unspecified atom stereocenters. The maximum Gasteiger partial charge on any atom is 0.209 e. The Balaban J connectivity index is 3.49. The molecule has 1 radical (unpaired) electrons. The Morgan fingerprint density at radius 3 is 1.32 bits per heavy atom. The minimum Gasteiger partial charge on any atom is -0.299 e. The van der Waals surface area contributed by atoms with E-state index < -0.39 is 5.92 Å². The summed E-state index contributed by atoms with van der Waals surface area (Å²) in [5.74, 6) is -0.322. The lowest BCUT2D eigenvalue weighted by Crippen LogP contribution is -2.15. The van der Waals surface area contributed by atoms with Gasteiger partial charge in [0.15, 0.2) is 0 Å². The quantitative estimate of drug-likeness (QED) is 0.129. The van der Waals surface area contributed by atoms with Crippen molar-refractivity contribution in [2.45, 2.75) is 149 Å². The van der Waals surface area contributed by atoms with E-state index in [1.807, 2.05) is 6.29 Å². The second kappa shape index (κ2) is 22.6. The molecular weight excluding hydrogens is 344 g/mol. The second-order valence-electron chi connectivity index (χ2n) is 8.69. The van der Waals surface area contributed by atoms with Crippen LogP contribution in [0.5, 0.6) is 0 Å². The second-order valence-corrected chi connectivity index (χ2v) is 8.69. The van der Waals surface area contributed by atoms with Gasteiger partial charge in [-0.05, 0) is 12.8 Å². The molecule has 0 saturated heterocycles. The number of carbonyl (C=O) groups is 1. The first-order chi connectivity index (χ1) is 13.8. The molecule has 0 aliphatic rings. The third kappa shape index (κ3) is 18.7. The van der Waals surface area contributed by atoms with Gasteiger partial charge in [0.2, 0.25) is 6.29 Å². The van der Waals surface area contributed by atoms with Crippen LogP contribution < -0.4 is 0 Å². The molecule has 0 N–H and O–H groups in total. The molecule has 2 nitrogen and oxygen atoms in total. The summed E-state index contributed by atoms with van der Waals surface area (Å²) in [5, 5.41) is 0. The lowest BCUT2D eigenvalue weighted by atomic mass is 9.94. The predicted octanol–water partition coefficient (Wildman–Crippen LogP) is 8.51. The number of hydrogen-bond acceptors (Lipinski definition) is 2. The van der Waals surface area contributed by atoms with Crippen molar-refractivity contribution in [2.75, 3.05) is 0 Å². The van der Waals surface area contributed by atoms with E-state index in [4.69, 9.17) is 0 Å². The molecule has 0 fully saturated rings. The van der Waals surface area contributed by atoms with Gasteiger partial charge in [-0.25, -0.2) is 0 Å². The Kier molecular flexibility index (Phi) is 22.1. The Hall–Kier alpha value is -0.660. The Morgan fingerprint density at radius 2 is 0.929 bits per heavy atom. The van der Waals surface area contributed by atoms with Crippen molar-refractivity contribution < 1.29 is 9.59 Å². The molecule has 0 heterocycles. The van der Waals surface area contributed by atoms with Gasteiger partial charge in [-0.1, -0.05) is 129 Å². The summed E-state index contributed by atoms with van der Waals surface area (Å²) in [5.41, 5.74) is 0. The average molecular weight is 394 g/mol. The molecule has 1 atom stereocenters. The molecule has 0 aliphatic carbocycles. The van der Waals surface area contributed by atoms with Crippen molar-refractivity contribution >= 4 is 12.1 Å². The van der Waals surface area contributed by atoms with Gasteiger partial charge in [-0.3, -0.25) is 9.59 Å². The maximum atomic E-state index is 12.2. The topological polar surface area (TPSA) is 34.1 Å². The van der Waals surface area contributed by atoms with Crippen molar-refractivity contribution in [3.05, 3.63) is 0 Å². The van der Waals surface area contributed by atoms with Gasteiger partial charge >= 0.3 is 0 Å². The fourth-order valence-electron chi connectivity index (χ4n) is 3.91. The number of hydrogen-bond donors (Lipinski definition) is 0. The predicted molar refractivity (Wildman–Crippen MR) is 122 cm³/mol. The van der Waals surface area contributed by atoms with E-state index in [-0.39, 0.29) is 5.78 Å². The first-order valence-electron chi connectivity index (χ1n) is 12.7. The molecule has 165 valence electrons. The average Bonchev–Trinajstić information content (AvgIpc) is 2.70. The highest BCUT2D eigenvalue weighted by Gasteiger charge is 2.17. The lowest BCUT2D eigenvalue weighted by molar-refractivity contribution is -0.121. The lowest BCUT2D eigenvalue weighted by Gasteiger charge is -2.09. The Bertz CT molecular complexity index is 337. The number of Topliss-reactive ketones (excluding diaryl/α,β-unsaturated/α-hetero) is 1. The van der Waals surface area contributed by atoms with E-state index in [0.717, 1.165) is 32.1 Å². The Morgan fingerprint density at radius 1 is 0.571 bits per heavy atom. The van der Waals surface area contributed by atoms with Crippen molar-refractivity contribution in [3.63, 3.8) is 0 Å². The summed E-state index contributed by atoms with van der Waals surface area (Å²) in [6.07, 6.45) is 27.5. The van der Waals surface area contributed by atoms with E-state index in [9.17, 15) is 9.59 Å². The van der Waals surface area contributed by atoms with Crippen LogP contribution in [-0.4, -0.2) is 12.1 Å². The molecule has 0 spiro atoms. The smallest absolute Gasteiger partial charge is 0.209 e. The summed E-state index contributed by atoms with van der Waals surface area (Å²) >= 11 is 0. The molecule has 0 rings (SSSR count). The molecule has 0 aromatic carbocycles. The van der Waals surface area contributed by atoms with Gasteiger partial charge in [0.05, 0.1) is 5.92 Å². The highest BCUT2D eigenvalue weighted by atomic mass is 16.1. The van der Waals surface area contributed by atoms with Crippen LogP contribution in [0.1, 0.15) is 149 Å². The standard InChI is InChI=1S/C26H49O2/c1-3-5-7-9-11-13-15-16-18-20-22-25(24-27)26(28)23-21-19-17-14-12-10-8-6-4-2/h25H,3-23H2,1-2H3. The summed E-state index contributed by atoms with van der Waals surface area (Å²) in [4.78, 5) is 23.4. The maximum absolute atomic E-state index is 12.2. The van der Waals surface area contributed by atoms with Crippen LogP contribution in [0.2, 0.25) is 0 Å². The third-order valence-corrected chi connectivity index (χ3v) is 5.90. The largest absolute Gasteiger partial charge is 0.299 e. The van der Waals surface area contributed by atoms with Crippen LogP contribution in [-0.2, 0) is 9.59 Å². The van der Waals surface area contributed by atoms with E-state index >= 15 is 0 Å². The van der Waals surface area contributed by atoms with Crippen LogP contribution in [0.25, 0.3) is 0 Å². The fourth-order valence-corrected chi connectivity index (χ4v) is 3.91. The van der Waals surface area contributed by atoms with E-state index in [2.05, 4.69) is 13.8 Å². The van der Waals surface area contributed by atoms with Gasteiger partial charge in [-0.15, -0.1) is 0 Å². The molecule has 0 bridgehead atoms. The zero-order chi connectivity index (χ0) is 20.7. The van der Waals surface area contributed by atoms with Crippen LogP contribution in [0, 0.1) is 5.92 Å². The minimum atomic E-state index is -0.455. The van der Waals surface area contributed by atoms with E-state index in [1.165, 1.54) is 96.3 Å². The SMILES string of the molecule is CCCCCCCCCCCCC([C]=O)C(=O)CCCCCCCCCCC. The molecule has 0 aromatic heterocycles. The zero-order valence-electron chi connectivity index (χ0n) is 19.2. The van der Waals surface area contributed by atoms with E-state index in [0.29, 0.717) is 6.42 Å². The minimum absolute atomic E-state index is 0.133. The number of carbonyl (C=O) groups excluding carboxylic acids is 2. The zero-order valence-corrected chi connectivity index (χ0v) is 19.2. The monoisotopic (exact) mass is 393 g/mol. The van der Waals surface area contributed by atoms with Gasteiger partial charge in [0.25, 0.3) is 0 Å². The first kappa shape index (κ1) is 27.3. The third-order valence-electron chi connectivity index (χ3n) is 5.90. The highest BCUT2D eigenvalue weighted by Crippen LogP contribution is 2.16. The molecular formula is C26H49O2. The van der Waals surface area contributed by atoms with Crippen molar-refractivity contribution in [3.8, 4) is 0 Å². The van der Waals surface area contributed by atoms with Crippen molar-refractivity contribution in [2.24, 2.45) is 5.92 Å². The molecule has 28 heavy (non-hydrogen) atoms. The molecule has 0 aliphatic heterocycles. The summed E-state index contributed by atoms with van der Waals surface area (Å²) in [7, 11) is 0. The summed E-state index contributed by atoms with van der Waals surface area (Å²) in [6, 6.07) is 0. The molecule has 2 heteroatoms. The number of unbranched alkanes of at least 4 members (excludes halogenated alkanes) is 17. The summed E-state index contributed by atoms with van der Waals surface area (Å²) in [6.45, 7) is 4.50. The van der Waals surface area contributed by atoms with Gasteiger partial charge < -0.3 is 0 Å². The van der Waals surface area contributed by atoms with Crippen molar-refractivity contribution in [1.82, 2.24) is 0 Å². The van der Waals surface area contributed by atoms with Crippen LogP contribution in [0.15, 0.2) is 0 Å². The van der Waals surface area contributed by atoms with Crippen LogP contribution in [0.4, 0.5) is 0 Å². The van der Waals surface area contributed by atoms with Crippen LogP contribution >= 0.6 is 0 Å². The number of ketones is 1. The fraction of sp³-hybridized carbons (Fsp3) is 0.923. The summed E-state index contributed by atoms with van der Waals surface area (Å²) < 4.78 is 0. The van der Waals surface area contributed by atoms with E-state index in [1.54, 1.807) is 0 Å². The van der Waals surface area contributed by atoms with Crippen molar-refractivity contribution in [1.29, 1.82) is 0 Å². The van der Waals surface area contributed by atoms with Gasteiger partial charge in [0.1, 0.15) is 5.78 Å². The normalized spacial score (nSPS) is 12.2. The Labute approximate surface area is 176 Å². The molecule has 0 saturated carbocycles.